The first-order chi connectivity index (χ1) is 37.4. The second-order valence-corrected chi connectivity index (χ2v) is 23.9. The van der Waals surface area contributed by atoms with Gasteiger partial charge in [0, 0.05) is 47.9 Å². The molecule has 2 aromatic carbocycles. The second-order valence-electron chi connectivity index (χ2n) is 23.9. The first kappa shape index (κ1) is 63.4. The monoisotopic (exact) mass is 1050 g/mol. The van der Waals surface area contributed by atoms with Gasteiger partial charge in [0.05, 0.1) is 26.4 Å². The molecule has 3 aliphatic rings. The van der Waals surface area contributed by atoms with Crippen LogP contribution in [0.4, 0.5) is 0 Å². The maximum Gasteiger partial charge on any atom is 0.247 e. The highest BCUT2D eigenvalue weighted by molar-refractivity contribution is 6.04. The van der Waals surface area contributed by atoms with Crippen molar-refractivity contribution >= 4 is 11.8 Å². The summed E-state index contributed by atoms with van der Waals surface area (Å²) in [4.78, 5) is 29.9. The molecule has 432 valence electrons. The van der Waals surface area contributed by atoms with Gasteiger partial charge < -0.3 is 29.6 Å². The number of nitrogens with one attached hydrogen (secondary N) is 2. The average Bonchev–Trinajstić information content (AvgIpc) is 4.02. The van der Waals surface area contributed by atoms with Crippen molar-refractivity contribution in [3.8, 4) is 23.0 Å². The van der Waals surface area contributed by atoms with E-state index in [0.29, 0.717) is 52.1 Å². The van der Waals surface area contributed by atoms with Gasteiger partial charge in [0.1, 0.15) is 34.1 Å². The van der Waals surface area contributed by atoms with Crippen LogP contribution >= 0.6 is 0 Å². The molecule has 1 heterocycles. The van der Waals surface area contributed by atoms with Crippen molar-refractivity contribution in [2.24, 2.45) is 0 Å². The molecule has 1 saturated heterocycles. The van der Waals surface area contributed by atoms with E-state index in [0.717, 1.165) is 96.6 Å². The Morgan fingerprint density at radius 2 is 0.461 bits per heavy atom. The van der Waals surface area contributed by atoms with E-state index in [1.54, 1.807) is 0 Å². The third-order valence-electron chi connectivity index (χ3n) is 17.2. The van der Waals surface area contributed by atoms with Gasteiger partial charge in [-0.05, 0) is 49.9 Å². The molecule has 2 amide bonds. The van der Waals surface area contributed by atoms with Crippen molar-refractivity contribution in [3.05, 3.63) is 46.5 Å². The van der Waals surface area contributed by atoms with Gasteiger partial charge in [-0.3, -0.25) is 9.59 Å². The number of carbonyl (C=O) groups is 2. The van der Waals surface area contributed by atoms with Gasteiger partial charge in [0.2, 0.25) is 11.8 Å². The van der Waals surface area contributed by atoms with Gasteiger partial charge in [-0.2, -0.15) is 0 Å². The van der Waals surface area contributed by atoms with E-state index in [4.69, 9.17) is 18.9 Å². The van der Waals surface area contributed by atoms with Gasteiger partial charge >= 0.3 is 0 Å². The lowest BCUT2D eigenvalue weighted by Crippen LogP contribution is -2.75. The molecule has 2 spiro atoms. The van der Waals surface area contributed by atoms with Crippen LogP contribution in [0.5, 0.6) is 23.0 Å². The zero-order chi connectivity index (χ0) is 53.8. The number of hydrogen-bond acceptors (Lipinski definition) is 6. The zero-order valence-corrected chi connectivity index (χ0v) is 49.7. The predicted octanol–water partition coefficient (Wildman–Crippen LogP) is 18.5. The van der Waals surface area contributed by atoms with Crippen LogP contribution in [0.25, 0.3) is 0 Å². The van der Waals surface area contributed by atoms with Crippen LogP contribution in [0.1, 0.15) is 307 Å². The first-order valence-corrected chi connectivity index (χ1v) is 32.9. The molecule has 76 heavy (non-hydrogen) atoms. The summed E-state index contributed by atoms with van der Waals surface area (Å²) in [6.45, 7) is 11.7. The van der Waals surface area contributed by atoms with Crippen LogP contribution in [0.2, 0.25) is 0 Å². The van der Waals surface area contributed by atoms with Gasteiger partial charge in [0.15, 0.2) is 0 Å². The molecule has 2 N–H and O–H groups in total. The molecule has 0 aromatic heterocycles. The normalized spacial score (nSPS) is 15.1. The van der Waals surface area contributed by atoms with Crippen LogP contribution in [-0.4, -0.2) is 49.3 Å². The van der Waals surface area contributed by atoms with E-state index in [-0.39, 0.29) is 11.8 Å². The van der Waals surface area contributed by atoms with Crippen molar-refractivity contribution in [2.75, 3.05) is 26.4 Å². The van der Waals surface area contributed by atoms with Gasteiger partial charge in [0.25, 0.3) is 0 Å². The third kappa shape index (κ3) is 22.0. The van der Waals surface area contributed by atoms with Gasteiger partial charge in [-0.15, -0.1) is 0 Å². The predicted molar refractivity (Wildman–Crippen MR) is 319 cm³/mol. The summed E-state index contributed by atoms with van der Waals surface area (Å²) >= 11 is 0. The van der Waals surface area contributed by atoms with Gasteiger partial charge in [-0.1, -0.05) is 259 Å². The maximum atomic E-state index is 15.0. The summed E-state index contributed by atoms with van der Waals surface area (Å²) in [5.74, 6) is 3.02. The molecule has 1 aliphatic heterocycles. The quantitative estimate of drug-likeness (QED) is 0.0641. The molecule has 5 rings (SSSR count). The van der Waals surface area contributed by atoms with Crippen molar-refractivity contribution in [1.82, 2.24) is 10.6 Å². The smallest absolute Gasteiger partial charge is 0.247 e. The zero-order valence-electron chi connectivity index (χ0n) is 49.7. The second kappa shape index (κ2) is 38.2. The Morgan fingerprint density at radius 1 is 0.289 bits per heavy atom. The Bertz CT molecular complexity index is 1630. The molecular weight excluding hydrogens is 941 g/mol. The molecule has 8 heteroatoms. The van der Waals surface area contributed by atoms with Crippen LogP contribution < -0.4 is 29.6 Å². The Kier molecular flexibility index (Phi) is 31.9. The van der Waals surface area contributed by atoms with E-state index in [9.17, 15) is 9.59 Å². The summed E-state index contributed by atoms with van der Waals surface area (Å²) in [7, 11) is 0. The SMILES string of the molecule is CCCCCCCCCCCCOc1ccc(OCCCCCCCCCCCC)c2c1CC1(C2)NC(=O)C2(Cc3c(OCCCCCCCCCCCC)ccc(OCCCCCCCCCCCC)c3C2)NC1=O. The number of unbranched alkanes of at least 4 members (excludes halogenated alkanes) is 36. The topological polar surface area (TPSA) is 95.1 Å². The van der Waals surface area contributed by atoms with Crippen molar-refractivity contribution < 1.29 is 28.5 Å². The number of fused-ring (bicyclic) bond motifs is 2. The third-order valence-corrected chi connectivity index (χ3v) is 17.2. The van der Waals surface area contributed by atoms with Crippen LogP contribution in [0.3, 0.4) is 0 Å². The van der Waals surface area contributed by atoms with Crippen molar-refractivity contribution in [1.29, 1.82) is 0 Å². The minimum absolute atomic E-state index is 0.127. The molecule has 0 unspecified atom stereocenters. The lowest BCUT2D eigenvalue weighted by Gasteiger charge is -2.43. The lowest BCUT2D eigenvalue weighted by atomic mass is 9.83. The number of ether oxygens (including phenoxy) is 4. The largest absolute Gasteiger partial charge is 0.493 e. The number of carbonyl (C=O) groups excluding carboxylic acids is 2. The van der Waals surface area contributed by atoms with E-state index < -0.39 is 11.1 Å². The van der Waals surface area contributed by atoms with Crippen LogP contribution in [-0.2, 0) is 35.3 Å². The first-order valence-electron chi connectivity index (χ1n) is 32.9. The van der Waals surface area contributed by atoms with E-state index >= 15 is 0 Å². The van der Waals surface area contributed by atoms with E-state index in [1.165, 1.54) is 205 Å². The molecule has 0 saturated carbocycles. The van der Waals surface area contributed by atoms with Crippen LogP contribution in [0, 0.1) is 0 Å². The number of benzene rings is 2. The number of rotatable bonds is 48. The Morgan fingerprint density at radius 3 is 0.645 bits per heavy atom. The van der Waals surface area contributed by atoms with Crippen molar-refractivity contribution in [2.45, 2.75) is 321 Å². The van der Waals surface area contributed by atoms with E-state index in [2.05, 4.69) is 38.3 Å². The summed E-state index contributed by atoms with van der Waals surface area (Å²) in [5, 5.41) is 6.82. The fraction of sp³-hybridized carbons (Fsp3) is 0.794. The summed E-state index contributed by atoms with van der Waals surface area (Å²) in [5.41, 5.74) is 1.76. The van der Waals surface area contributed by atoms with Crippen molar-refractivity contribution in [3.63, 3.8) is 0 Å². The average molecular weight is 1060 g/mol. The summed E-state index contributed by atoms with van der Waals surface area (Å²) in [6.07, 6.45) is 52.5. The summed E-state index contributed by atoms with van der Waals surface area (Å²) in [6, 6.07) is 8.20. The molecule has 1 fully saturated rings. The molecule has 2 aliphatic carbocycles. The minimum Gasteiger partial charge on any atom is -0.493 e. The highest BCUT2D eigenvalue weighted by atomic mass is 16.5. The highest BCUT2D eigenvalue weighted by Gasteiger charge is 2.59. The number of piperazine rings is 1. The fourth-order valence-corrected chi connectivity index (χ4v) is 12.3. The Balaban J connectivity index is 1.21. The standard InChI is InChI=1S/C68H114N2O6/c1-5-9-13-17-21-25-29-33-37-41-49-73-61-45-46-62(74-50-42-38-34-30-26-22-18-14-10-6-2)58-54-67(53-57(58)61)65(71)70-68(66(72)69-67)55-59-60(56-68)64(76-52-44-40-36-32-28-24-20-16-12-8-4)48-47-63(59)75-51-43-39-35-31-27-23-19-15-11-7-3/h45-48H,5-44,49-56H2,1-4H3,(H,69,72)(H,70,71). The highest BCUT2D eigenvalue weighted by Crippen LogP contribution is 2.47. The minimum atomic E-state index is -1.12. The van der Waals surface area contributed by atoms with Crippen LogP contribution in [0.15, 0.2) is 24.3 Å². The number of amides is 2. The number of hydrogen-bond donors (Lipinski definition) is 2. The molecule has 0 atom stereocenters. The van der Waals surface area contributed by atoms with E-state index in [1.807, 2.05) is 24.3 Å². The maximum absolute atomic E-state index is 15.0. The van der Waals surface area contributed by atoms with Gasteiger partial charge in [-0.25, -0.2) is 0 Å². The molecule has 0 radical (unpaired) electrons. The molecular formula is C68H114N2O6. The lowest BCUT2D eigenvalue weighted by molar-refractivity contribution is -0.145. The molecule has 2 aromatic rings. The Labute approximate surface area is 466 Å². The molecule has 0 bridgehead atoms. The Hall–Kier alpha value is -3.42. The summed E-state index contributed by atoms with van der Waals surface area (Å²) < 4.78 is 26.3. The molecule has 8 nitrogen and oxygen atoms in total. The fourth-order valence-electron chi connectivity index (χ4n) is 12.3.